The number of aromatic nitrogens is 2. The van der Waals surface area contributed by atoms with Gasteiger partial charge in [0, 0.05) is 16.3 Å². The molecule has 2 amide bonds. The van der Waals surface area contributed by atoms with Gasteiger partial charge < -0.3 is 9.32 Å². The first-order valence-corrected chi connectivity index (χ1v) is 16.3. The van der Waals surface area contributed by atoms with Gasteiger partial charge in [-0.15, -0.1) is 10.2 Å². The fourth-order valence-corrected chi connectivity index (χ4v) is 8.16. The molecule has 0 fully saturated rings. The van der Waals surface area contributed by atoms with Crippen molar-refractivity contribution in [1.29, 1.82) is 0 Å². The highest BCUT2D eigenvalue weighted by atomic mass is 35.5. The van der Waals surface area contributed by atoms with Crippen LogP contribution >= 0.6 is 34.7 Å². The van der Waals surface area contributed by atoms with E-state index in [1.807, 2.05) is 36.4 Å². The normalized spacial score (nSPS) is 16.9. The number of hydrogen-bond acceptors (Lipinski definition) is 8. The molecule has 6 aromatic rings. The number of carbonyl (C=O) groups is 2. The summed E-state index contributed by atoms with van der Waals surface area (Å²) in [4.78, 5) is 46.8. The van der Waals surface area contributed by atoms with Crippen LogP contribution in [0.25, 0.3) is 11.0 Å². The minimum Gasteiger partial charge on any atom is -0.450 e. The molecule has 4 heterocycles. The van der Waals surface area contributed by atoms with E-state index in [4.69, 9.17) is 16.0 Å². The second kappa shape index (κ2) is 10.9. The van der Waals surface area contributed by atoms with Crippen molar-refractivity contribution in [3.05, 3.63) is 146 Å². The molecule has 0 saturated carbocycles. The highest BCUT2D eigenvalue weighted by Crippen LogP contribution is 2.55. The maximum atomic E-state index is 15.0. The van der Waals surface area contributed by atoms with E-state index in [2.05, 4.69) is 10.2 Å². The molecular weight excluding hydrogens is 647 g/mol. The van der Waals surface area contributed by atoms with Crippen LogP contribution in [0, 0.1) is 5.82 Å². The molecule has 0 N–H and O–H groups in total. The Morgan fingerprint density at radius 3 is 2.46 bits per heavy atom. The molecule has 12 heteroatoms. The van der Waals surface area contributed by atoms with Crippen molar-refractivity contribution in [2.24, 2.45) is 0 Å². The van der Waals surface area contributed by atoms with E-state index in [0.717, 1.165) is 22.5 Å². The third-order valence-corrected chi connectivity index (χ3v) is 10.5. The summed E-state index contributed by atoms with van der Waals surface area (Å²) in [5, 5.41) is 9.27. The molecule has 8 nitrogen and oxygen atoms in total. The van der Waals surface area contributed by atoms with Crippen LogP contribution in [0.2, 0.25) is 5.02 Å². The van der Waals surface area contributed by atoms with Gasteiger partial charge in [-0.25, -0.2) is 4.39 Å². The minimum atomic E-state index is -1.91. The fraction of sp³-hybridized carbons (Fsp3) is 0.0882. The lowest BCUT2D eigenvalue weighted by Crippen LogP contribution is -2.53. The van der Waals surface area contributed by atoms with Gasteiger partial charge in [0.15, 0.2) is 15.3 Å². The molecule has 1 unspecified atom stereocenters. The van der Waals surface area contributed by atoms with Crippen molar-refractivity contribution in [2.45, 2.75) is 22.2 Å². The van der Waals surface area contributed by atoms with E-state index in [1.54, 1.807) is 41.3 Å². The standard InChI is InChI=1S/C34H20ClFN4O4S2/c35-21-12-15-26-23(16-21)28(41)27-29(44-26)30(42)40(32-37-38-33(46-32)45-18-20-10-13-22(36)14-11-20)34(27)24-8-4-5-9-25(24)39(31(34)43)17-19-6-2-1-3-7-19/h1-16H,17-18H2. The van der Waals surface area contributed by atoms with Gasteiger partial charge in [0.05, 0.1) is 23.2 Å². The van der Waals surface area contributed by atoms with Crippen molar-refractivity contribution in [2.75, 3.05) is 9.80 Å². The molecule has 8 rings (SSSR count). The first kappa shape index (κ1) is 28.6. The predicted molar refractivity (Wildman–Crippen MR) is 175 cm³/mol. The lowest BCUT2D eigenvalue weighted by molar-refractivity contribution is -0.121. The van der Waals surface area contributed by atoms with Crippen LogP contribution in [-0.4, -0.2) is 22.0 Å². The molecule has 1 spiro atoms. The van der Waals surface area contributed by atoms with Gasteiger partial charge in [0.1, 0.15) is 11.4 Å². The monoisotopic (exact) mass is 666 g/mol. The van der Waals surface area contributed by atoms with Crippen molar-refractivity contribution in [3.8, 4) is 0 Å². The van der Waals surface area contributed by atoms with Crippen LogP contribution in [0.4, 0.5) is 15.2 Å². The van der Waals surface area contributed by atoms with Gasteiger partial charge in [0.25, 0.3) is 11.8 Å². The van der Waals surface area contributed by atoms with Crippen LogP contribution in [-0.2, 0) is 22.6 Å². The zero-order valence-electron chi connectivity index (χ0n) is 23.6. The zero-order chi connectivity index (χ0) is 31.6. The summed E-state index contributed by atoms with van der Waals surface area (Å²) < 4.78 is 20.1. The number of rotatable bonds is 6. The Balaban J connectivity index is 1.32. The van der Waals surface area contributed by atoms with Gasteiger partial charge in [-0.05, 0) is 47.5 Å². The van der Waals surface area contributed by atoms with Crippen molar-refractivity contribution in [1.82, 2.24) is 10.2 Å². The van der Waals surface area contributed by atoms with Gasteiger partial charge >= 0.3 is 0 Å². The Labute approximate surface area is 274 Å². The molecule has 46 heavy (non-hydrogen) atoms. The number of thioether (sulfide) groups is 1. The highest BCUT2D eigenvalue weighted by molar-refractivity contribution is 8.00. The van der Waals surface area contributed by atoms with Crippen LogP contribution < -0.4 is 15.2 Å². The molecule has 0 radical (unpaired) electrons. The molecule has 2 aliphatic rings. The topological polar surface area (TPSA) is 96.6 Å². The number of halogens is 2. The van der Waals surface area contributed by atoms with Gasteiger partial charge in [-0.2, -0.15) is 0 Å². The molecule has 2 aromatic heterocycles. The maximum absolute atomic E-state index is 15.0. The number of hydrogen-bond donors (Lipinski definition) is 0. The van der Waals surface area contributed by atoms with Crippen LogP contribution in [0.3, 0.4) is 0 Å². The summed E-state index contributed by atoms with van der Waals surface area (Å²) in [5.74, 6) is -1.26. The lowest BCUT2D eigenvalue weighted by atomic mass is 9.84. The molecule has 1 atom stereocenters. The number of carbonyl (C=O) groups excluding carboxylic acids is 2. The van der Waals surface area contributed by atoms with E-state index >= 15 is 4.79 Å². The minimum absolute atomic E-state index is 0.0870. The first-order valence-electron chi connectivity index (χ1n) is 14.1. The maximum Gasteiger partial charge on any atom is 0.297 e. The quantitative estimate of drug-likeness (QED) is 0.137. The summed E-state index contributed by atoms with van der Waals surface area (Å²) in [7, 11) is 0. The lowest BCUT2D eigenvalue weighted by Gasteiger charge is -2.32. The van der Waals surface area contributed by atoms with Crippen LogP contribution in [0.5, 0.6) is 0 Å². The van der Waals surface area contributed by atoms with Crippen LogP contribution in [0.1, 0.15) is 32.8 Å². The van der Waals surface area contributed by atoms with Gasteiger partial charge in [0.2, 0.25) is 10.9 Å². The second-order valence-corrected chi connectivity index (χ2v) is 13.4. The Hall–Kier alpha value is -4.84. The Kier molecular flexibility index (Phi) is 6.78. The van der Waals surface area contributed by atoms with Crippen molar-refractivity contribution >= 4 is 68.3 Å². The van der Waals surface area contributed by atoms with E-state index in [1.165, 1.54) is 40.9 Å². The highest BCUT2D eigenvalue weighted by Gasteiger charge is 2.66. The van der Waals surface area contributed by atoms with Crippen molar-refractivity contribution in [3.63, 3.8) is 0 Å². The third-order valence-electron chi connectivity index (χ3n) is 8.13. The number of benzene rings is 4. The van der Waals surface area contributed by atoms with Crippen molar-refractivity contribution < 1.29 is 18.4 Å². The van der Waals surface area contributed by atoms with E-state index < -0.39 is 22.8 Å². The number of amides is 2. The Morgan fingerprint density at radius 1 is 0.891 bits per heavy atom. The van der Waals surface area contributed by atoms with Crippen LogP contribution in [0.15, 0.2) is 111 Å². The average Bonchev–Trinajstić information content (AvgIpc) is 3.71. The average molecular weight is 667 g/mol. The number of fused-ring (bicyclic) bond motifs is 5. The summed E-state index contributed by atoms with van der Waals surface area (Å²) in [6.07, 6.45) is 0. The third kappa shape index (κ3) is 4.30. The molecule has 0 saturated heterocycles. The Morgan fingerprint density at radius 2 is 1.65 bits per heavy atom. The zero-order valence-corrected chi connectivity index (χ0v) is 26.0. The number of para-hydroxylation sites is 1. The summed E-state index contributed by atoms with van der Waals surface area (Å²) in [6, 6.07) is 27.3. The number of nitrogens with zero attached hydrogens (tertiary/aromatic N) is 4. The number of anilines is 2. The molecule has 226 valence electrons. The fourth-order valence-electron chi connectivity index (χ4n) is 6.14. The van der Waals surface area contributed by atoms with Gasteiger partial charge in [-0.3, -0.25) is 19.3 Å². The molecule has 2 aliphatic heterocycles. The first-order chi connectivity index (χ1) is 22.4. The smallest absolute Gasteiger partial charge is 0.297 e. The van der Waals surface area contributed by atoms with E-state index in [-0.39, 0.29) is 39.8 Å². The summed E-state index contributed by atoms with van der Waals surface area (Å²) >= 11 is 8.76. The largest absolute Gasteiger partial charge is 0.450 e. The molecular formula is C34H20ClFN4O4S2. The van der Waals surface area contributed by atoms with E-state index in [9.17, 15) is 14.0 Å². The van der Waals surface area contributed by atoms with Gasteiger partial charge in [-0.1, -0.05) is 95.4 Å². The SMILES string of the molecule is O=C1c2oc3ccc(Cl)cc3c(=O)c2C2(C(=O)N(Cc3ccccc3)c3ccccc32)N1c1nnc(SCc2ccc(F)cc2)s1. The Bertz CT molecular complexity index is 2260. The summed E-state index contributed by atoms with van der Waals surface area (Å²) in [5.41, 5.74) is 0.396. The second-order valence-electron chi connectivity index (χ2n) is 10.8. The van der Waals surface area contributed by atoms with E-state index in [0.29, 0.717) is 26.4 Å². The molecule has 0 aliphatic carbocycles. The molecule has 0 bridgehead atoms. The predicted octanol–water partition coefficient (Wildman–Crippen LogP) is 7.18. The summed E-state index contributed by atoms with van der Waals surface area (Å²) in [6.45, 7) is 0.204. The molecule has 4 aromatic carbocycles.